The molecule has 0 aromatic heterocycles. The van der Waals surface area contributed by atoms with Crippen LogP contribution in [0.4, 0.5) is 5.69 Å². The van der Waals surface area contributed by atoms with Gasteiger partial charge in [0.15, 0.2) is 0 Å². The van der Waals surface area contributed by atoms with Crippen molar-refractivity contribution in [1.82, 2.24) is 10.2 Å². The smallest absolute Gasteiger partial charge is 0.243 e. The van der Waals surface area contributed by atoms with Gasteiger partial charge >= 0.3 is 0 Å². The molecule has 0 aliphatic heterocycles. The predicted molar refractivity (Wildman–Crippen MR) is 171 cm³/mol. The van der Waals surface area contributed by atoms with Crippen LogP contribution in [0, 0.1) is 12.8 Å². The van der Waals surface area contributed by atoms with Crippen LogP contribution in [0.15, 0.2) is 72.8 Å². The van der Waals surface area contributed by atoms with Crippen molar-refractivity contribution in [2.45, 2.75) is 52.6 Å². The molecule has 0 saturated heterocycles. The number of rotatable bonds is 14. The van der Waals surface area contributed by atoms with Crippen molar-refractivity contribution < 1.29 is 18.0 Å². The van der Waals surface area contributed by atoms with Crippen LogP contribution >= 0.6 is 23.2 Å². The van der Waals surface area contributed by atoms with Crippen LogP contribution in [0.25, 0.3) is 0 Å². The van der Waals surface area contributed by atoms with Gasteiger partial charge in [0.25, 0.3) is 0 Å². The summed E-state index contributed by atoms with van der Waals surface area (Å²) in [5.41, 5.74) is 2.88. The number of halogens is 2. The molecule has 226 valence electrons. The second-order valence-corrected chi connectivity index (χ2v) is 13.6. The highest BCUT2D eigenvalue weighted by molar-refractivity contribution is 7.92. The fraction of sp³-hybridized carbons (Fsp3) is 0.375. The molecule has 1 N–H and O–H groups in total. The summed E-state index contributed by atoms with van der Waals surface area (Å²) in [6.07, 6.45) is 1.76. The van der Waals surface area contributed by atoms with Gasteiger partial charge in [-0.3, -0.25) is 13.9 Å². The Morgan fingerprint density at radius 1 is 0.905 bits per heavy atom. The minimum absolute atomic E-state index is 0.0436. The number of carbonyl (C=O) groups excluding carboxylic acids is 2. The quantitative estimate of drug-likeness (QED) is 0.227. The van der Waals surface area contributed by atoms with Crippen molar-refractivity contribution in [2.24, 2.45) is 5.92 Å². The summed E-state index contributed by atoms with van der Waals surface area (Å²) in [5, 5.41) is 4.04. The fourth-order valence-electron chi connectivity index (χ4n) is 4.61. The van der Waals surface area contributed by atoms with Crippen molar-refractivity contribution in [3.63, 3.8) is 0 Å². The number of hydrogen-bond acceptors (Lipinski definition) is 4. The van der Waals surface area contributed by atoms with Crippen LogP contribution in [-0.2, 0) is 32.6 Å². The number of nitrogens with one attached hydrogen (secondary N) is 1. The molecular formula is C32H39Cl2N3O4S. The van der Waals surface area contributed by atoms with Crippen LogP contribution in [-0.4, -0.2) is 50.5 Å². The zero-order valence-corrected chi connectivity index (χ0v) is 26.8. The first kappa shape index (κ1) is 33.4. The monoisotopic (exact) mass is 631 g/mol. The number of anilines is 1. The molecule has 2 amide bonds. The maximum Gasteiger partial charge on any atom is 0.243 e. The molecule has 7 nitrogen and oxygen atoms in total. The highest BCUT2D eigenvalue weighted by Crippen LogP contribution is 2.28. The molecule has 0 bridgehead atoms. The number of amides is 2. The van der Waals surface area contributed by atoms with Crippen LogP contribution < -0.4 is 9.62 Å². The second kappa shape index (κ2) is 15.4. The summed E-state index contributed by atoms with van der Waals surface area (Å²) in [5.74, 6) is -0.243. The van der Waals surface area contributed by atoms with Crippen molar-refractivity contribution >= 4 is 50.7 Å². The van der Waals surface area contributed by atoms with E-state index in [-0.39, 0.29) is 43.7 Å². The maximum absolute atomic E-state index is 13.9. The molecule has 0 fully saturated rings. The van der Waals surface area contributed by atoms with E-state index >= 15 is 0 Å². The van der Waals surface area contributed by atoms with Crippen LogP contribution in [0.5, 0.6) is 0 Å². The van der Waals surface area contributed by atoms with Gasteiger partial charge < -0.3 is 10.2 Å². The van der Waals surface area contributed by atoms with E-state index in [4.69, 9.17) is 23.2 Å². The molecule has 1 atom stereocenters. The van der Waals surface area contributed by atoms with Crippen molar-refractivity contribution in [3.8, 4) is 0 Å². The topological polar surface area (TPSA) is 86.8 Å². The lowest BCUT2D eigenvalue weighted by atomic mass is 10.0. The average Bonchev–Trinajstić information content (AvgIpc) is 2.94. The highest BCUT2D eigenvalue weighted by Gasteiger charge is 2.30. The van der Waals surface area contributed by atoms with Crippen molar-refractivity contribution in [2.75, 3.05) is 23.7 Å². The number of hydrogen-bond donors (Lipinski definition) is 1. The molecule has 10 heteroatoms. The Morgan fingerprint density at radius 2 is 1.57 bits per heavy atom. The summed E-state index contributed by atoms with van der Waals surface area (Å²) in [4.78, 5) is 29.1. The Labute approximate surface area is 259 Å². The number of benzene rings is 3. The summed E-state index contributed by atoms with van der Waals surface area (Å²) < 4.78 is 26.7. The summed E-state index contributed by atoms with van der Waals surface area (Å²) in [7, 11) is -3.64. The minimum Gasteiger partial charge on any atom is -0.354 e. The summed E-state index contributed by atoms with van der Waals surface area (Å²) in [6.45, 7) is 6.56. The summed E-state index contributed by atoms with van der Waals surface area (Å²) in [6, 6.07) is 21.1. The van der Waals surface area contributed by atoms with Crippen LogP contribution in [0.1, 0.15) is 43.4 Å². The van der Waals surface area contributed by atoms with E-state index in [9.17, 15) is 18.0 Å². The van der Waals surface area contributed by atoms with Crippen molar-refractivity contribution in [3.05, 3.63) is 99.5 Å². The summed E-state index contributed by atoms with van der Waals surface area (Å²) >= 11 is 12.4. The first-order chi connectivity index (χ1) is 19.9. The van der Waals surface area contributed by atoms with E-state index in [0.717, 1.165) is 17.4 Å². The fourth-order valence-corrected chi connectivity index (χ4v) is 5.92. The van der Waals surface area contributed by atoms with Gasteiger partial charge in [0.1, 0.15) is 6.04 Å². The third-order valence-electron chi connectivity index (χ3n) is 6.88. The standard InChI is InChI=1S/C32H39Cl2N3O4S/c1-23(2)21-35-32(39)30(20-25-10-6-5-7-11-25)36(22-26-15-17-27(33)18-16-26)31(38)14-9-19-37(42(4,40)41)29-13-8-12-28(34)24(29)3/h5-8,10-13,15-18,23,30H,9,14,19-22H2,1-4H3,(H,35,39). The normalized spacial score (nSPS) is 12.2. The first-order valence-electron chi connectivity index (χ1n) is 13.9. The van der Waals surface area contributed by atoms with Crippen molar-refractivity contribution in [1.29, 1.82) is 0 Å². The highest BCUT2D eigenvalue weighted by atomic mass is 35.5. The predicted octanol–water partition coefficient (Wildman–Crippen LogP) is 6.26. The zero-order chi connectivity index (χ0) is 30.9. The third-order valence-corrected chi connectivity index (χ3v) is 8.72. The molecule has 42 heavy (non-hydrogen) atoms. The Balaban J connectivity index is 1.89. The van der Waals surface area contributed by atoms with Crippen LogP contribution in [0.3, 0.4) is 0 Å². The molecule has 0 heterocycles. The molecule has 3 rings (SSSR count). The lowest BCUT2D eigenvalue weighted by Gasteiger charge is -2.32. The van der Waals surface area contributed by atoms with Gasteiger partial charge in [-0.15, -0.1) is 0 Å². The first-order valence-corrected chi connectivity index (χ1v) is 16.6. The molecule has 3 aromatic carbocycles. The Kier molecular flexibility index (Phi) is 12.3. The Bertz CT molecular complexity index is 1450. The average molecular weight is 633 g/mol. The molecule has 0 saturated carbocycles. The lowest BCUT2D eigenvalue weighted by molar-refractivity contribution is -0.141. The SMILES string of the molecule is Cc1c(Cl)cccc1N(CCCC(=O)N(Cc1ccc(Cl)cc1)C(Cc1ccccc1)C(=O)NCC(C)C)S(C)(=O)=O. The largest absolute Gasteiger partial charge is 0.354 e. The lowest BCUT2D eigenvalue weighted by Crippen LogP contribution is -2.51. The molecular weight excluding hydrogens is 593 g/mol. The Morgan fingerprint density at radius 3 is 2.19 bits per heavy atom. The van der Waals surface area contributed by atoms with Gasteiger partial charge in [0.2, 0.25) is 21.8 Å². The van der Waals surface area contributed by atoms with E-state index in [2.05, 4.69) is 5.32 Å². The second-order valence-electron chi connectivity index (χ2n) is 10.8. The van der Waals surface area contributed by atoms with E-state index < -0.39 is 16.1 Å². The third kappa shape index (κ3) is 9.75. The molecule has 0 aliphatic rings. The molecule has 0 radical (unpaired) electrons. The molecule has 3 aromatic rings. The number of nitrogens with zero attached hydrogens (tertiary/aromatic N) is 2. The number of carbonyl (C=O) groups is 2. The van der Waals surface area contributed by atoms with Gasteiger partial charge in [-0.25, -0.2) is 8.42 Å². The van der Waals surface area contributed by atoms with E-state index in [1.165, 1.54) is 4.31 Å². The molecule has 1 unspecified atom stereocenters. The number of sulfonamides is 1. The van der Waals surface area contributed by atoms with Gasteiger partial charge in [-0.1, -0.05) is 85.6 Å². The van der Waals surface area contributed by atoms with E-state index in [1.54, 1.807) is 42.2 Å². The minimum atomic E-state index is -3.64. The van der Waals surface area contributed by atoms with Crippen LogP contribution in [0.2, 0.25) is 10.0 Å². The van der Waals surface area contributed by atoms with E-state index in [1.807, 2.05) is 56.3 Å². The zero-order valence-electron chi connectivity index (χ0n) is 24.5. The Hall–Kier alpha value is -3.07. The van der Waals surface area contributed by atoms with Gasteiger partial charge in [-0.2, -0.15) is 0 Å². The van der Waals surface area contributed by atoms with Gasteiger partial charge in [-0.05, 0) is 60.2 Å². The molecule has 0 aliphatic carbocycles. The van der Waals surface area contributed by atoms with Gasteiger partial charge in [0.05, 0.1) is 11.9 Å². The van der Waals surface area contributed by atoms with Gasteiger partial charge in [0, 0.05) is 42.5 Å². The maximum atomic E-state index is 13.9. The van der Waals surface area contributed by atoms with E-state index in [0.29, 0.717) is 34.3 Å². The molecule has 0 spiro atoms.